The van der Waals surface area contributed by atoms with Crippen molar-refractivity contribution in [1.29, 1.82) is 0 Å². The molecule has 104 valence electrons. The van der Waals surface area contributed by atoms with E-state index in [0.717, 1.165) is 30.5 Å². The third-order valence-electron chi connectivity index (χ3n) is 3.72. The number of halogens is 2. The number of hydrogen-bond donors (Lipinski definition) is 2. The predicted molar refractivity (Wildman–Crippen MR) is 90.7 cm³/mol. The Labute approximate surface area is 136 Å². The summed E-state index contributed by atoms with van der Waals surface area (Å²) in [4.78, 5) is 4.44. The molecule has 1 aliphatic carbocycles. The largest absolute Gasteiger partial charge is 0.356 e. The lowest BCUT2D eigenvalue weighted by Gasteiger charge is -2.37. The van der Waals surface area contributed by atoms with E-state index in [9.17, 15) is 0 Å². The minimum atomic E-state index is 0. The zero-order chi connectivity index (χ0) is 12.4. The Hall–Kier alpha value is -0.490. The lowest BCUT2D eigenvalue weighted by Crippen LogP contribution is -2.50. The Balaban J connectivity index is 0.00000133. The third-order valence-corrected chi connectivity index (χ3v) is 3.97. The van der Waals surface area contributed by atoms with Crippen LogP contribution in [0, 0.1) is 0 Å². The van der Waals surface area contributed by atoms with Crippen LogP contribution in [0.5, 0.6) is 0 Å². The molecular formula is C14H19ClIN3. The topological polar surface area (TPSA) is 36.4 Å². The number of hydrogen-bond acceptors (Lipinski definition) is 3. The maximum Gasteiger partial charge on any atom is 0.191 e. The van der Waals surface area contributed by atoms with E-state index in [1.807, 2.05) is 12.1 Å². The summed E-state index contributed by atoms with van der Waals surface area (Å²) in [5.74, 6) is 1.66. The monoisotopic (exact) mass is 391 g/mol. The number of nitrogens with zero attached hydrogens (tertiary/aromatic N) is 1. The van der Waals surface area contributed by atoms with E-state index in [-0.39, 0.29) is 24.0 Å². The highest BCUT2D eigenvalue weighted by molar-refractivity contribution is 14.0. The molecule has 1 aliphatic heterocycles. The molecule has 5 heteroatoms. The quantitative estimate of drug-likeness (QED) is 0.760. The molecule has 0 spiro atoms. The maximum atomic E-state index is 5.90. The second-order valence-corrected chi connectivity index (χ2v) is 5.51. The highest BCUT2D eigenvalue weighted by Crippen LogP contribution is 2.37. The van der Waals surface area contributed by atoms with E-state index < -0.39 is 0 Å². The van der Waals surface area contributed by atoms with Gasteiger partial charge in [0.25, 0.3) is 0 Å². The molecular weight excluding hydrogens is 373 g/mol. The molecule has 0 aromatic heterocycles. The van der Waals surface area contributed by atoms with Crippen molar-refractivity contribution in [3.05, 3.63) is 34.9 Å². The summed E-state index contributed by atoms with van der Waals surface area (Å²) in [6, 6.07) is 8.80. The highest BCUT2D eigenvalue weighted by Gasteiger charge is 2.30. The van der Waals surface area contributed by atoms with Crippen LogP contribution >= 0.6 is 35.6 Å². The summed E-state index contributed by atoms with van der Waals surface area (Å²) in [6.45, 7) is 1.99. The molecule has 2 aliphatic rings. The summed E-state index contributed by atoms with van der Waals surface area (Å²) < 4.78 is 0. The fraction of sp³-hybridized carbons (Fsp3) is 0.500. The second-order valence-electron chi connectivity index (χ2n) is 5.07. The van der Waals surface area contributed by atoms with Crippen LogP contribution in [0.3, 0.4) is 0 Å². The van der Waals surface area contributed by atoms with Crippen LogP contribution in [0.2, 0.25) is 5.02 Å². The first-order valence-corrected chi connectivity index (χ1v) is 6.99. The molecule has 0 bridgehead atoms. The van der Waals surface area contributed by atoms with Gasteiger partial charge < -0.3 is 10.6 Å². The van der Waals surface area contributed by atoms with Gasteiger partial charge in [-0.15, -0.1) is 24.0 Å². The molecule has 0 atom stereocenters. The van der Waals surface area contributed by atoms with Gasteiger partial charge in [0.15, 0.2) is 5.96 Å². The maximum absolute atomic E-state index is 5.90. The van der Waals surface area contributed by atoms with Crippen molar-refractivity contribution in [2.75, 3.05) is 13.1 Å². The van der Waals surface area contributed by atoms with Crippen molar-refractivity contribution in [1.82, 2.24) is 10.6 Å². The molecule has 3 nitrogen and oxygen atoms in total. The molecule has 0 unspecified atom stereocenters. The van der Waals surface area contributed by atoms with Gasteiger partial charge in [0.05, 0.1) is 0 Å². The van der Waals surface area contributed by atoms with E-state index in [4.69, 9.17) is 11.6 Å². The fourth-order valence-electron chi connectivity index (χ4n) is 2.57. The van der Waals surface area contributed by atoms with Crippen molar-refractivity contribution >= 4 is 41.5 Å². The Bertz CT molecular complexity index is 441. The highest BCUT2D eigenvalue weighted by atomic mass is 127. The molecule has 0 amide bonds. The van der Waals surface area contributed by atoms with Crippen molar-refractivity contribution in [2.24, 2.45) is 4.99 Å². The molecule has 0 radical (unpaired) electrons. The Morgan fingerprint density at radius 3 is 2.58 bits per heavy atom. The molecule has 1 heterocycles. The van der Waals surface area contributed by atoms with Gasteiger partial charge in [-0.05, 0) is 42.9 Å². The molecule has 2 N–H and O–H groups in total. The van der Waals surface area contributed by atoms with Crippen molar-refractivity contribution in [3.8, 4) is 0 Å². The molecule has 1 aromatic carbocycles. The molecule has 3 rings (SSSR count). The van der Waals surface area contributed by atoms with Crippen LogP contribution in [-0.4, -0.2) is 25.1 Å². The van der Waals surface area contributed by atoms with E-state index in [0.29, 0.717) is 12.0 Å². The fourth-order valence-corrected chi connectivity index (χ4v) is 2.69. The summed E-state index contributed by atoms with van der Waals surface area (Å²) in [5.41, 5.74) is 1.40. The SMILES string of the molecule is Clc1ccc(C2CC(NC3=NCCCN3)C2)cc1.I. The molecule has 1 saturated carbocycles. The van der Waals surface area contributed by atoms with Gasteiger partial charge in [-0.2, -0.15) is 0 Å². The third kappa shape index (κ3) is 3.75. The number of nitrogens with one attached hydrogen (secondary N) is 2. The average molecular weight is 392 g/mol. The van der Waals surface area contributed by atoms with Crippen molar-refractivity contribution in [3.63, 3.8) is 0 Å². The Morgan fingerprint density at radius 2 is 1.95 bits per heavy atom. The summed E-state index contributed by atoms with van der Waals surface area (Å²) in [5, 5.41) is 7.59. The van der Waals surface area contributed by atoms with Crippen LogP contribution in [0.15, 0.2) is 29.3 Å². The number of guanidine groups is 1. The van der Waals surface area contributed by atoms with Gasteiger partial charge in [-0.3, -0.25) is 4.99 Å². The summed E-state index contributed by atoms with van der Waals surface area (Å²) >= 11 is 5.90. The van der Waals surface area contributed by atoms with E-state index in [1.54, 1.807) is 0 Å². The first-order chi connectivity index (χ1) is 8.81. The summed E-state index contributed by atoms with van der Waals surface area (Å²) in [7, 11) is 0. The minimum Gasteiger partial charge on any atom is -0.356 e. The van der Waals surface area contributed by atoms with Gasteiger partial charge >= 0.3 is 0 Å². The minimum absolute atomic E-state index is 0. The lowest BCUT2D eigenvalue weighted by atomic mass is 9.76. The van der Waals surface area contributed by atoms with Gasteiger partial charge in [0.1, 0.15) is 0 Å². The van der Waals surface area contributed by atoms with Crippen LogP contribution < -0.4 is 10.6 Å². The van der Waals surface area contributed by atoms with Crippen LogP contribution in [0.4, 0.5) is 0 Å². The zero-order valence-electron chi connectivity index (χ0n) is 10.7. The molecule has 1 fully saturated rings. The lowest BCUT2D eigenvalue weighted by molar-refractivity contribution is 0.321. The van der Waals surface area contributed by atoms with Gasteiger partial charge in [-0.1, -0.05) is 23.7 Å². The first kappa shape index (κ1) is 14.9. The van der Waals surface area contributed by atoms with Gasteiger partial charge in [0.2, 0.25) is 0 Å². The number of aliphatic imine (C=N–C) groups is 1. The summed E-state index contributed by atoms with van der Waals surface area (Å²) in [6.07, 6.45) is 3.51. The normalized spacial score (nSPS) is 25.4. The molecule has 19 heavy (non-hydrogen) atoms. The molecule has 1 aromatic rings. The number of benzene rings is 1. The van der Waals surface area contributed by atoms with Crippen molar-refractivity contribution < 1.29 is 0 Å². The second kappa shape index (κ2) is 6.79. The number of rotatable bonds is 2. The smallest absolute Gasteiger partial charge is 0.191 e. The standard InChI is InChI=1S/C14H18ClN3.HI/c15-12-4-2-10(3-5-12)11-8-13(9-11)18-14-16-6-1-7-17-14;/h2-5,11,13H,1,6-9H2,(H2,16,17,18);1H. The first-order valence-electron chi connectivity index (χ1n) is 6.61. The van der Waals surface area contributed by atoms with E-state index >= 15 is 0 Å². The van der Waals surface area contributed by atoms with Crippen LogP contribution in [0.25, 0.3) is 0 Å². The van der Waals surface area contributed by atoms with Crippen LogP contribution in [0.1, 0.15) is 30.7 Å². The van der Waals surface area contributed by atoms with Crippen molar-refractivity contribution in [2.45, 2.75) is 31.2 Å². The Morgan fingerprint density at radius 1 is 1.21 bits per heavy atom. The van der Waals surface area contributed by atoms with Gasteiger partial charge in [-0.25, -0.2) is 0 Å². The molecule has 0 saturated heterocycles. The van der Waals surface area contributed by atoms with Crippen LogP contribution in [-0.2, 0) is 0 Å². The zero-order valence-corrected chi connectivity index (χ0v) is 13.8. The average Bonchev–Trinajstić information content (AvgIpc) is 2.36. The predicted octanol–water partition coefficient (Wildman–Crippen LogP) is 3.14. The van der Waals surface area contributed by atoms with E-state index in [2.05, 4.69) is 27.8 Å². The van der Waals surface area contributed by atoms with Gasteiger partial charge in [0, 0.05) is 24.2 Å². The van der Waals surface area contributed by atoms with E-state index in [1.165, 1.54) is 18.4 Å². The Kier molecular flexibility index (Phi) is 5.33.